The first kappa shape index (κ1) is 9.89. The molecule has 0 spiro atoms. The summed E-state index contributed by atoms with van der Waals surface area (Å²) in [5, 5.41) is 2.46. The van der Waals surface area contributed by atoms with Crippen LogP contribution in [0.15, 0.2) is 42.6 Å². The van der Waals surface area contributed by atoms with Gasteiger partial charge in [0.2, 0.25) is 0 Å². The van der Waals surface area contributed by atoms with Crippen molar-refractivity contribution >= 4 is 22.3 Å². The molecule has 4 rings (SSSR count). The quantitative estimate of drug-likeness (QED) is 0.685. The highest BCUT2D eigenvalue weighted by Crippen LogP contribution is 2.39. The number of pyridine rings is 1. The monoisotopic (exact) mass is 235 g/mol. The van der Waals surface area contributed by atoms with Crippen molar-refractivity contribution in [3.05, 3.63) is 53.9 Å². The van der Waals surface area contributed by atoms with Crippen molar-refractivity contribution in [3.8, 4) is 0 Å². The summed E-state index contributed by atoms with van der Waals surface area (Å²) in [7, 11) is 0. The molecular weight excluding hydrogens is 222 g/mol. The minimum atomic E-state index is 0.922. The van der Waals surface area contributed by atoms with Gasteiger partial charge in [-0.15, -0.1) is 0 Å². The van der Waals surface area contributed by atoms with Gasteiger partial charge in [0.05, 0.1) is 0 Å². The van der Waals surface area contributed by atoms with E-state index in [9.17, 15) is 0 Å². The largest absolute Gasteiger partial charge is 0.455 e. The Kier molecular flexibility index (Phi) is 2.04. The van der Waals surface area contributed by atoms with Crippen LogP contribution in [-0.4, -0.2) is 4.98 Å². The molecule has 2 aromatic rings. The fraction of sp³-hybridized carbons (Fsp3) is 0.188. The van der Waals surface area contributed by atoms with Crippen LogP contribution in [0.5, 0.6) is 0 Å². The van der Waals surface area contributed by atoms with Gasteiger partial charge in [-0.3, -0.25) is 4.98 Å². The third kappa shape index (κ3) is 1.32. The molecule has 1 aromatic carbocycles. The van der Waals surface area contributed by atoms with Crippen LogP contribution in [0.3, 0.4) is 0 Å². The number of allylic oxidation sites excluding steroid dienone is 2. The zero-order valence-electron chi connectivity index (χ0n) is 10.0. The number of nitrogens with zero attached hydrogens (tertiary/aromatic N) is 1. The van der Waals surface area contributed by atoms with Crippen LogP contribution in [0.25, 0.3) is 22.3 Å². The minimum absolute atomic E-state index is 0.922. The van der Waals surface area contributed by atoms with Crippen LogP contribution in [0.4, 0.5) is 0 Å². The Bertz CT molecular complexity index is 643. The third-order valence-electron chi connectivity index (χ3n) is 3.58. The van der Waals surface area contributed by atoms with Crippen LogP contribution in [-0.2, 0) is 4.74 Å². The van der Waals surface area contributed by atoms with Crippen LogP contribution in [0, 0.1) is 0 Å². The Hall–Kier alpha value is -2.09. The molecule has 0 amide bonds. The Morgan fingerprint density at radius 3 is 2.83 bits per heavy atom. The van der Waals surface area contributed by atoms with Crippen molar-refractivity contribution in [2.75, 3.05) is 0 Å². The molecule has 0 saturated heterocycles. The molecular formula is C16H13NO. The van der Waals surface area contributed by atoms with Crippen LogP contribution in [0.1, 0.15) is 30.5 Å². The molecule has 0 aliphatic carbocycles. The summed E-state index contributed by atoms with van der Waals surface area (Å²) in [6.45, 7) is 0. The number of benzene rings is 1. The average Bonchev–Trinajstić information content (AvgIpc) is 2.38. The number of fused-ring (bicyclic) bond motifs is 4. The van der Waals surface area contributed by atoms with Gasteiger partial charge in [0.1, 0.15) is 17.2 Å². The molecule has 88 valence electrons. The predicted molar refractivity (Wildman–Crippen MR) is 72.6 cm³/mol. The fourth-order valence-corrected chi connectivity index (χ4v) is 2.72. The van der Waals surface area contributed by atoms with Crippen molar-refractivity contribution in [1.29, 1.82) is 0 Å². The minimum Gasteiger partial charge on any atom is -0.455 e. The summed E-state index contributed by atoms with van der Waals surface area (Å²) in [5.41, 5.74) is 2.16. The van der Waals surface area contributed by atoms with E-state index in [1.54, 1.807) is 0 Å². The maximum Gasteiger partial charge on any atom is 0.149 e. The lowest BCUT2D eigenvalue weighted by Crippen LogP contribution is -2.06. The number of hydrogen-bond acceptors (Lipinski definition) is 2. The van der Waals surface area contributed by atoms with Gasteiger partial charge >= 0.3 is 0 Å². The first-order chi connectivity index (χ1) is 8.93. The first-order valence-corrected chi connectivity index (χ1v) is 6.40. The molecule has 1 aromatic heterocycles. The maximum absolute atomic E-state index is 6.00. The molecule has 0 unspecified atom stereocenters. The topological polar surface area (TPSA) is 22.1 Å². The maximum atomic E-state index is 6.00. The highest BCUT2D eigenvalue weighted by Gasteiger charge is 2.23. The van der Waals surface area contributed by atoms with Crippen molar-refractivity contribution in [3.63, 3.8) is 0 Å². The summed E-state index contributed by atoms with van der Waals surface area (Å²) < 4.78 is 6.00. The van der Waals surface area contributed by atoms with Gasteiger partial charge in [0.15, 0.2) is 0 Å². The molecule has 0 saturated carbocycles. The van der Waals surface area contributed by atoms with E-state index in [-0.39, 0.29) is 0 Å². The molecule has 0 radical (unpaired) electrons. The van der Waals surface area contributed by atoms with Gasteiger partial charge in [-0.05, 0) is 42.9 Å². The fourth-order valence-electron chi connectivity index (χ4n) is 2.72. The molecule has 0 N–H and O–H groups in total. The van der Waals surface area contributed by atoms with Gasteiger partial charge in [-0.1, -0.05) is 18.2 Å². The van der Waals surface area contributed by atoms with Gasteiger partial charge in [0, 0.05) is 17.1 Å². The molecule has 0 atom stereocenters. The van der Waals surface area contributed by atoms with Gasteiger partial charge < -0.3 is 4.74 Å². The van der Waals surface area contributed by atoms with Gasteiger partial charge in [-0.25, -0.2) is 0 Å². The Labute approximate surface area is 106 Å². The van der Waals surface area contributed by atoms with E-state index < -0.39 is 0 Å². The Morgan fingerprint density at radius 2 is 1.89 bits per heavy atom. The second kappa shape index (κ2) is 3.70. The molecule has 2 aliphatic rings. The van der Waals surface area contributed by atoms with Gasteiger partial charge in [-0.2, -0.15) is 0 Å². The van der Waals surface area contributed by atoms with Crippen molar-refractivity contribution in [1.82, 2.24) is 4.98 Å². The molecule has 2 nitrogen and oxygen atoms in total. The Balaban J connectivity index is 2.16. The standard InChI is InChI=1S/C16H13NO/c1-2-7-13-12-6-4-5-11-9-10-17-16(15(11)12)14(18-13)8-3-1/h4-10H,1-3H2/b13-7-,14-8-. The summed E-state index contributed by atoms with van der Waals surface area (Å²) in [6, 6.07) is 8.40. The summed E-state index contributed by atoms with van der Waals surface area (Å²) in [6.07, 6.45) is 9.54. The molecule has 2 aliphatic heterocycles. The number of rotatable bonds is 0. The van der Waals surface area contributed by atoms with Gasteiger partial charge in [0.25, 0.3) is 0 Å². The highest BCUT2D eigenvalue weighted by atomic mass is 16.5. The molecule has 2 bridgehead atoms. The Morgan fingerprint density at radius 1 is 1.00 bits per heavy atom. The molecule has 3 heterocycles. The van der Waals surface area contributed by atoms with E-state index in [1.807, 2.05) is 6.20 Å². The lowest BCUT2D eigenvalue weighted by Gasteiger charge is -2.23. The van der Waals surface area contributed by atoms with Crippen LogP contribution in [0.2, 0.25) is 0 Å². The summed E-state index contributed by atoms with van der Waals surface area (Å²) in [5.74, 6) is 1.91. The predicted octanol–water partition coefficient (Wildman–Crippen LogP) is 4.13. The molecule has 2 heteroatoms. The van der Waals surface area contributed by atoms with E-state index >= 15 is 0 Å². The smallest absolute Gasteiger partial charge is 0.149 e. The summed E-state index contributed by atoms with van der Waals surface area (Å²) in [4.78, 5) is 4.51. The highest BCUT2D eigenvalue weighted by molar-refractivity contribution is 6.01. The van der Waals surface area contributed by atoms with E-state index in [0.29, 0.717) is 0 Å². The van der Waals surface area contributed by atoms with Crippen molar-refractivity contribution < 1.29 is 4.74 Å². The number of aromatic nitrogens is 1. The van der Waals surface area contributed by atoms with Crippen molar-refractivity contribution in [2.45, 2.75) is 19.3 Å². The van der Waals surface area contributed by atoms with Crippen LogP contribution >= 0.6 is 0 Å². The van der Waals surface area contributed by atoms with E-state index in [1.165, 1.54) is 22.8 Å². The normalized spacial score (nSPS) is 23.1. The summed E-state index contributed by atoms with van der Waals surface area (Å²) >= 11 is 0. The van der Waals surface area contributed by atoms with Crippen LogP contribution < -0.4 is 0 Å². The second-order valence-corrected chi connectivity index (χ2v) is 4.73. The lowest BCUT2D eigenvalue weighted by atomic mass is 9.96. The van der Waals surface area contributed by atoms with E-state index in [2.05, 4.69) is 41.4 Å². The zero-order chi connectivity index (χ0) is 11.9. The van der Waals surface area contributed by atoms with Crippen molar-refractivity contribution in [2.24, 2.45) is 0 Å². The SMILES string of the molecule is C1=C2\O/C(=C\CCC/1)c1nccc3cccc2c13. The number of ether oxygens (including phenoxy) is 1. The molecule has 18 heavy (non-hydrogen) atoms. The van der Waals surface area contributed by atoms with E-state index in [4.69, 9.17) is 4.74 Å². The third-order valence-corrected chi connectivity index (χ3v) is 3.58. The lowest BCUT2D eigenvalue weighted by molar-refractivity contribution is 0.457. The first-order valence-electron chi connectivity index (χ1n) is 6.40. The second-order valence-electron chi connectivity index (χ2n) is 4.73. The van der Waals surface area contributed by atoms with E-state index in [0.717, 1.165) is 30.1 Å². The molecule has 0 fully saturated rings. The number of hydrogen-bond donors (Lipinski definition) is 0. The average molecular weight is 235 g/mol. The zero-order valence-corrected chi connectivity index (χ0v) is 10.0.